The normalized spacial score (nSPS) is 14.4. The smallest absolute Gasteiger partial charge is 0.243 e. The Kier molecular flexibility index (Phi) is 23.2. The highest BCUT2D eigenvalue weighted by atomic mass is 16.2. The number of H-pyrrole nitrogens is 1. The Bertz CT molecular complexity index is 1640. The number of unbranched alkanes of at least 4 members (excludes halogenated alkanes) is 1. The zero-order valence-corrected chi connectivity index (χ0v) is 34.9. The molecule has 23 heteroatoms. The number of nitrogens with two attached hydrogens (primary N) is 4. The van der Waals surface area contributed by atoms with Crippen LogP contribution in [0.5, 0.6) is 0 Å². The molecular weight excluding hydrogens is 786 g/mol. The van der Waals surface area contributed by atoms with E-state index in [1.54, 1.807) is 6.92 Å². The minimum absolute atomic E-state index is 0.00831. The summed E-state index contributed by atoms with van der Waals surface area (Å²) in [6.07, 6.45) is 2.95. The fraction of sp³-hybridized carbons (Fsp3) is 0.649. The maximum absolute atomic E-state index is 13.6. The summed E-state index contributed by atoms with van der Waals surface area (Å²) in [4.78, 5) is 134. The molecule has 7 unspecified atom stereocenters. The summed E-state index contributed by atoms with van der Waals surface area (Å²) in [5.74, 6) is -8.60. The SMILES string of the molecule is CCC(C)C(NC(C)=O)C(=O)NC(Cc1cnc[nH]1)C(=O)NC(CC(N)=O)C(=O)NCC(=O)NC(CCC(N)=O)C(=O)NC(CCCCN)C(=O)NC(CC(C)C)C(N)=O. The van der Waals surface area contributed by atoms with E-state index in [1.807, 2.05) is 20.8 Å². The van der Waals surface area contributed by atoms with E-state index in [0.717, 1.165) is 0 Å². The molecule has 0 bridgehead atoms. The molecule has 336 valence electrons. The minimum atomic E-state index is -1.65. The molecule has 0 aromatic carbocycles. The Labute approximate surface area is 348 Å². The number of aromatic nitrogens is 2. The number of imidazole rings is 1. The number of amides is 10. The molecule has 7 atom stereocenters. The molecule has 1 aromatic heterocycles. The topological polar surface area (TPSA) is 388 Å². The van der Waals surface area contributed by atoms with Crippen LogP contribution in [0.3, 0.4) is 0 Å². The lowest BCUT2D eigenvalue weighted by atomic mass is 9.97. The highest BCUT2D eigenvalue weighted by Crippen LogP contribution is 2.11. The number of carbonyl (C=O) groups is 10. The molecule has 23 nitrogen and oxygen atoms in total. The van der Waals surface area contributed by atoms with Crippen molar-refractivity contribution in [2.75, 3.05) is 13.1 Å². The molecule has 0 saturated heterocycles. The van der Waals surface area contributed by atoms with E-state index in [4.69, 9.17) is 22.9 Å². The summed E-state index contributed by atoms with van der Waals surface area (Å²) in [7, 11) is 0. The third kappa shape index (κ3) is 20.0. The van der Waals surface area contributed by atoms with Crippen LogP contribution in [0.2, 0.25) is 0 Å². The van der Waals surface area contributed by atoms with Gasteiger partial charge in [-0.3, -0.25) is 47.9 Å². The number of hydrogen-bond acceptors (Lipinski definition) is 12. The van der Waals surface area contributed by atoms with Crippen molar-refractivity contribution in [1.29, 1.82) is 0 Å². The first-order valence-corrected chi connectivity index (χ1v) is 19.8. The van der Waals surface area contributed by atoms with Crippen LogP contribution in [0.15, 0.2) is 12.5 Å². The Morgan fingerprint density at radius 3 is 1.80 bits per heavy atom. The highest BCUT2D eigenvalue weighted by Gasteiger charge is 2.33. The second kappa shape index (κ2) is 26.8. The molecule has 1 aromatic rings. The fourth-order valence-electron chi connectivity index (χ4n) is 5.81. The monoisotopic (exact) mass is 849 g/mol. The van der Waals surface area contributed by atoms with Crippen molar-refractivity contribution in [1.82, 2.24) is 47.2 Å². The average molecular weight is 850 g/mol. The molecule has 0 spiro atoms. The fourth-order valence-corrected chi connectivity index (χ4v) is 5.81. The number of carbonyl (C=O) groups excluding carboxylic acids is 10. The van der Waals surface area contributed by atoms with Gasteiger partial charge >= 0.3 is 0 Å². The van der Waals surface area contributed by atoms with Crippen molar-refractivity contribution < 1.29 is 47.9 Å². The van der Waals surface area contributed by atoms with Gasteiger partial charge in [-0.15, -0.1) is 0 Å². The lowest BCUT2D eigenvalue weighted by Crippen LogP contribution is -2.59. The third-order valence-corrected chi connectivity index (χ3v) is 9.21. The summed E-state index contributed by atoms with van der Waals surface area (Å²) >= 11 is 0. The van der Waals surface area contributed by atoms with Crippen LogP contribution < -0.4 is 60.2 Å². The molecule has 1 rings (SSSR count). The van der Waals surface area contributed by atoms with Gasteiger partial charge in [-0.2, -0.15) is 0 Å². The largest absolute Gasteiger partial charge is 0.370 e. The molecular formula is C37H63N13O10. The van der Waals surface area contributed by atoms with Gasteiger partial charge in [-0.25, -0.2) is 4.98 Å². The maximum Gasteiger partial charge on any atom is 0.243 e. The number of rotatable bonds is 29. The van der Waals surface area contributed by atoms with Gasteiger partial charge in [-0.05, 0) is 50.5 Å². The molecule has 0 aliphatic rings. The van der Waals surface area contributed by atoms with Crippen LogP contribution in [0, 0.1) is 11.8 Å². The van der Waals surface area contributed by atoms with Gasteiger partial charge in [0.1, 0.15) is 36.3 Å². The molecule has 16 N–H and O–H groups in total. The summed E-state index contributed by atoms with van der Waals surface area (Å²) in [5.41, 5.74) is 22.2. The quantitative estimate of drug-likeness (QED) is 0.0342. The van der Waals surface area contributed by atoms with Gasteiger partial charge in [-0.1, -0.05) is 34.1 Å². The van der Waals surface area contributed by atoms with Gasteiger partial charge < -0.3 is 65.1 Å². The number of nitrogens with zero attached hydrogens (tertiary/aromatic N) is 1. The Balaban J connectivity index is 3.20. The molecule has 0 radical (unpaired) electrons. The second-order valence-corrected chi connectivity index (χ2v) is 14.9. The van der Waals surface area contributed by atoms with E-state index in [-0.39, 0.29) is 43.9 Å². The lowest BCUT2D eigenvalue weighted by Gasteiger charge is -2.27. The Hall–Kier alpha value is -6.13. The highest BCUT2D eigenvalue weighted by molar-refractivity contribution is 5.98. The number of nitrogens with one attached hydrogen (secondary N) is 8. The van der Waals surface area contributed by atoms with Gasteiger partial charge in [0.25, 0.3) is 0 Å². The first-order chi connectivity index (χ1) is 28.2. The third-order valence-electron chi connectivity index (χ3n) is 9.21. The predicted octanol–water partition coefficient (Wildman–Crippen LogP) is -4.16. The van der Waals surface area contributed by atoms with Gasteiger partial charge in [0.15, 0.2) is 0 Å². The Morgan fingerprint density at radius 2 is 1.28 bits per heavy atom. The second-order valence-electron chi connectivity index (χ2n) is 14.9. The van der Waals surface area contributed by atoms with Gasteiger partial charge in [0, 0.05) is 31.7 Å². The zero-order valence-electron chi connectivity index (χ0n) is 34.9. The van der Waals surface area contributed by atoms with Gasteiger partial charge in [0.05, 0.1) is 19.3 Å². The molecule has 0 fully saturated rings. The predicted molar refractivity (Wildman–Crippen MR) is 216 cm³/mol. The molecule has 0 saturated carbocycles. The van der Waals surface area contributed by atoms with Gasteiger partial charge in [0.2, 0.25) is 59.1 Å². The lowest BCUT2D eigenvalue weighted by molar-refractivity contribution is -0.135. The summed E-state index contributed by atoms with van der Waals surface area (Å²) in [6, 6.07) is -7.68. The molecule has 60 heavy (non-hydrogen) atoms. The summed E-state index contributed by atoms with van der Waals surface area (Å²) in [5, 5.41) is 17.3. The number of primary amides is 3. The van der Waals surface area contributed by atoms with E-state index in [1.165, 1.54) is 19.4 Å². The van der Waals surface area contributed by atoms with E-state index in [9.17, 15) is 47.9 Å². The van der Waals surface area contributed by atoms with E-state index in [2.05, 4.69) is 47.2 Å². The molecule has 1 heterocycles. The van der Waals surface area contributed by atoms with Crippen LogP contribution >= 0.6 is 0 Å². The van der Waals surface area contributed by atoms with Crippen LogP contribution in [-0.2, 0) is 54.4 Å². The first-order valence-electron chi connectivity index (χ1n) is 19.8. The van der Waals surface area contributed by atoms with Crippen molar-refractivity contribution in [3.8, 4) is 0 Å². The van der Waals surface area contributed by atoms with Crippen molar-refractivity contribution in [3.63, 3.8) is 0 Å². The summed E-state index contributed by atoms with van der Waals surface area (Å²) in [6.45, 7) is 7.93. The van der Waals surface area contributed by atoms with Crippen molar-refractivity contribution in [2.24, 2.45) is 34.8 Å². The van der Waals surface area contributed by atoms with Crippen molar-refractivity contribution >= 4 is 59.1 Å². The Morgan fingerprint density at radius 1 is 0.700 bits per heavy atom. The van der Waals surface area contributed by atoms with Crippen LogP contribution in [0.25, 0.3) is 0 Å². The summed E-state index contributed by atoms with van der Waals surface area (Å²) < 4.78 is 0. The van der Waals surface area contributed by atoms with Crippen molar-refractivity contribution in [3.05, 3.63) is 18.2 Å². The van der Waals surface area contributed by atoms with Crippen LogP contribution in [0.1, 0.15) is 91.7 Å². The minimum Gasteiger partial charge on any atom is -0.370 e. The standard InChI is InChI=1S/C37H63N13O10/c1-6-20(4)31(45-21(5)51)37(60)50-26(14-22-16-42-18-44-22)36(59)49-27(15-29(40)53)33(56)43-17-30(54)46-24(10-11-28(39)52)35(58)47-23(9-7-8-12-38)34(57)48-25(32(41)55)13-19(2)3/h16,18-20,23-27,31H,6-15,17,38H2,1-5H3,(H2,39,52)(H2,40,53)(H2,41,55)(H,42,44)(H,43,56)(H,45,51)(H,46,54)(H,47,58)(H,48,57)(H,49,59)(H,50,60). The van der Waals surface area contributed by atoms with Crippen molar-refractivity contribution in [2.45, 2.75) is 129 Å². The first kappa shape index (κ1) is 51.9. The average Bonchev–Trinajstić information content (AvgIpc) is 3.68. The van der Waals surface area contributed by atoms with Crippen LogP contribution in [-0.4, -0.2) is 118 Å². The number of hydrogen-bond donors (Lipinski definition) is 12. The number of aromatic amines is 1. The van der Waals surface area contributed by atoms with E-state index < -0.39 is 108 Å². The molecule has 0 aliphatic carbocycles. The van der Waals surface area contributed by atoms with E-state index >= 15 is 0 Å². The molecule has 10 amide bonds. The van der Waals surface area contributed by atoms with E-state index in [0.29, 0.717) is 31.5 Å². The zero-order chi connectivity index (χ0) is 45.5. The maximum atomic E-state index is 13.6. The molecule has 0 aliphatic heterocycles. The van der Waals surface area contributed by atoms with Crippen LogP contribution in [0.4, 0.5) is 0 Å².